The number of carbonyl (C=O) groups excluding carboxylic acids is 1. The summed E-state index contributed by atoms with van der Waals surface area (Å²) in [5.41, 5.74) is 0.781. The second kappa shape index (κ2) is 5.51. The van der Waals surface area contributed by atoms with Gasteiger partial charge in [-0.3, -0.25) is 10.1 Å². The van der Waals surface area contributed by atoms with E-state index in [1.807, 2.05) is 13.8 Å². The van der Waals surface area contributed by atoms with Gasteiger partial charge >= 0.3 is 6.18 Å². The molecule has 1 atom stereocenters. The van der Waals surface area contributed by atoms with Crippen LogP contribution >= 0.6 is 0 Å². The zero-order valence-electron chi connectivity index (χ0n) is 13.3. The fourth-order valence-electron chi connectivity index (χ4n) is 3.42. The van der Waals surface area contributed by atoms with Gasteiger partial charge in [-0.05, 0) is 19.3 Å². The summed E-state index contributed by atoms with van der Waals surface area (Å²) in [7, 11) is 0. The summed E-state index contributed by atoms with van der Waals surface area (Å²) in [4.78, 5) is 15.7. The zero-order valence-corrected chi connectivity index (χ0v) is 13.3. The number of alkyl halides is 3. The van der Waals surface area contributed by atoms with Gasteiger partial charge in [0.15, 0.2) is 0 Å². The van der Waals surface area contributed by atoms with Crippen molar-refractivity contribution in [3.63, 3.8) is 0 Å². The summed E-state index contributed by atoms with van der Waals surface area (Å²) >= 11 is 0. The average molecular weight is 330 g/mol. The summed E-state index contributed by atoms with van der Waals surface area (Å²) < 4.78 is 40.7. The first-order chi connectivity index (χ1) is 10.7. The van der Waals surface area contributed by atoms with Crippen LogP contribution in [0.1, 0.15) is 43.9 Å². The predicted molar refractivity (Wildman–Crippen MR) is 77.6 cm³/mol. The van der Waals surface area contributed by atoms with Crippen LogP contribution in [-0.4, -0.2) is 28.0 Å². The number of hydrogen-bond donors (Lipinski definition) is 2. The molecule has 0 aromatic carbocycles. The maximum Gasteiger partial charge on any atom is 0.449 e. The van der Waals surface area contributed by atoms with Gasteiger partial charge in [0.05, 0.1) is 11.7 Å². The second-order valence-corrected chi connectivity index (χ2v) is 6.96. The van der Waals surface area contributed by atoms with Crippen LogP contribution in [0.4, 0.5) is 13.2 Å². The lowest BCUT2D eigenvalue weighted by molar-refractivity contribution is -0.147. The molecule has 2 aliphatic rings. The van der Waals surface area contributed by atoms with Crippen molar-refractivity contribution < 1.29 is 18.0 Å². The summed E-state index contributed by atoms with van der Waals surface area (Å²) in [5, 5.41) is 5.88. The summed E-state index contributed by atoms with van der Waals surface area (Å²) in [6, 6.07) is -0.419. The molecule has 3 heterocycles. The first kappa shape index (κ1) is 16.3. The number of nitrogens with zero attached hydrogens (tertiary/aromatic N) is 2. The molecule has 1 aromatic rings. The van der Waals surface area contributed by atoms with Crippen molar-refractivity contribution in [3.05, 3.63) is 17.2 Å². The minimum Gasteiger partial charge on any atom is -0.354 e. The smallest absolute Gasteiger partial charge is 0.354 e. The quantitative estimate of drug-likeness (QED) is 0.889. The molecule has 1 amide bonds. The van der Waals surface area contributed by atoms with Gasteiger partial charge in [-0.15, -0.1) is 0 Å². The number of aromatic nitrogens is 2. The van der Waals surface area contributed by atoms with Gasteiger partial charge in [-0.2, -0.15) is 13.2 Å². The molecule has 23 heavy (non-hydrogen) atoms. The van der Waals surface area contributed by atoms with Crippen molar-refractivity contribution in [1.82, 2.24) is 20.2 Å². The Bertz CT molecular complexity index is 621. The highest BCUT2D eigenvalue weighted by Crippen LogP contribution is 2.33. The molecular formula is C15H21F3N4O. The van der Waals surface area contributed by atoms with Crippen LogP contribution in [0.15, 0.2) is 0 Å². The molecule has 0 bridgehead atoms. The van der Waals surface area contributed by atoms with Crippen LogP contribution in [0.3, 0.4) is 0 Å². The second-order valence-electron chi connectivity index (χ2n) is 6.96. The van der Waals surface area contributed by atoms with E-state index in [-0.39, 0.29) is 17.9 Å². The maximum atomic E-state index is 13.1. The van der Waals surface area contributed by atoms with E-state index in [0.29, 0.717) is 30.9 Å². The molecule has 3 rings (SSSR count). The molecule has 0 saturated carbocycles. The van der Waals surface area contributed by atoms with Crippen molar-refractivity contribution >= 4 is 5.91 Å². The Morgan fingerprint density at radius 3 is 2.74 bits per heavy atom. The lowest BCUT2D eigenvalue weighted by Crippen LogP contribution is -2.43. The highest BCUT2D eigenvalue weighted by Gasteiger charge is 2.42. The number of imidazole rings is 1. The van der Waals surface area contributed by atoms with Crippen molar-refractivity contribution in [3.8, 4) is 0 Å². The Balaban J connectivity index is 1.83. The average Bonchev–Trinajstić information content (AvgIpc) is 2.95. The molecule has 1 fully saturated rings. The van der Waals surface area contributed by atoms with Crippen LogP contribution in [0.25, 0.3) is 0 Å². The minimum absolute atomic E-state index is 0.112. The molecule has 8 heteroatoms. The van der Waals surface area contributed by atoms with Crippen LogP contribution in [-0.2, 0) is 30.5 Å². The lowest BCUT2D eigenvalue weighted by Gasteiger charge is -2.24. The molecule has 0 radical (unpaired) electrons. The van der Waals surface area contributed by atoms with Gasteiger partial charge in [0.1, 0.15) is 0 Å². The van der Waals surface area contributed by atoms with Gasteiger partial charge in [-0.25, -0.2) is 4.98 Å². The largest absolute Gasteiger partial charge is 0.449 e. The standard InChI is InChI=1S/C15H21F3N4O/c1-14(2)8-20-12(23)11(14)19-7-9-10-5-3-4-6-22(10)13(21-9)15(16,17)18/h11,19H,3-8H2,1-2H3,(H,20,23). The van der Waals surface area contributed by atoms with Crippen molar-refractivity contribution in [2.24, 2.45) is 5.41 Å². The minimum atomic E-state index is -4.45. The Kier molecular flexibility index (Phi) is 3.90. The summed E-state index contributed by atoms with van der Waals surface area (Å²) in [6.07, 6.45) is -2.25. The number of carbonyl (C=O) groups is 1. The highest BCUT2D eigenvalue weighted by atomic mass is 19.4. The van der Waals surface area contributed by atoms with Crippen molar-refractivity contribution in [1.29, 1.82) is 0 Å². The molecule has 2 aliphatic heterocycles. The fraction of sp³-hybridized carbons (Fsp3) is 0.733. The molecular weight excluding hydrogens is 309 g/mol. The molecule has 2 N–H and O–H groups in total. The number of nitrogens with one attached hydrogen (secondary N) is 2. The van der Waals surface area contributed by atoms with Crippen LogP contribution in [0.5, 0.6) is 0 Å². The third kappa shape index (κ3) is 2.96. The number of amides is 1. The van der Waals surface area contributed by atoms with Crippen LogP contribution < -0.4 is 10.6 Å². The van der Waals surface area contributed by atoms with E-state index in [0.717, 1.165) is 12.8 Å². The van der Waals surface area contributed by atoms with E-state index >= 15 is 0 Å². The molecule has 1 saturated heterocycles. The Morgan fingerprint density at radius 1 is 1.39 bits per heavy atom. The fourth-order valence-corrected chi connectivity index (χ4v) is 3.42. The van der Waals surface area contributed by atoms with Gasteiger partial charge in [0.2, 0.25) is 11.7 Å². The third-order valence-electron chi connectivity index (χ3n) is 4.69. The Hall–Kier alpha value is -1.57. The van der Waals surface area contributed by atoms with E-state index in [2.05, 4.69) is 15.6 Å². The Morgan fingerprint density at radius 2 is 2.13 bits per heavy atom. The Labute approximate surface area is 132 Å². The van der Waals surface area contributed by atoms with E-state index < -0.39 is 18.0 Å². The number of rotatable bonds is 3. The van der Waals surface area contributed by atoms with E-state index in [9.17, 15) is 18.0 Å². The van der Waals surface area contributed by atoms with Gasteiger partial charge < -0.3 is 9.88 Å². The van der Waals surface area contributed by atoms with E-state index in [1.165, 1.54) is 4.57 Å². The molecule has 128 valence electrons. The van der Waals surface area contributed by atoms with Gasteiger partial charge in [0, 0.05) is 30.7 Å². The maximum absolute atomic E-state index is 13.1. The SMILES string of the molecule is CC1(C)CNC(=O)C1NCc1nc(C(F)(F)F)n2c1CCCC2. The summed E-state index contributed by atoms with van der Waals surface area (Å²) in [5.74, 6) is -0.932. The van der Waals surface area contributed by atoms with Gasteiger partial charge in [0.25, 0.3) is 0 Å². The van der Waals surface area contributed by atoms with Gasteiger partial charge in [-0.1, -0.05) is 13.8 Å². The van der Waals surface area contributed by atoms with Crippen LogP contribution in [0.2, 0.25) is 0 Å². The number of fused-ring (bicyclic) bond motifs is 1. The van der Waals surface area contributed by atoms with Crippen molar-refractivity contribution in [2.45, 2.75) is 58.4 Å². The molecule has 5 nitrogen and oxygen atoms in total. The normalized spacial score (nSPS) is 23.7. The lowest BCUT2D eigenvalue weighted by atomic mass is 9.87. The molecule has 0 aliphatic carbocycles. The molecule has 1 aromatic heterocycles. The monoisotopic (exact) mass is 330 g/mol. The van der Waals surface area contributed by atoms with E-state index in [4.69, 9.17) is 0 Å². The van der Waals surface area contributed by atoms with E-state index in [1.54, 1.807) is 0 Å². The first-order valence-corrected chi connectivity index (χ1v) is 7.87. The zero-order chi connectivity index (χ0) is 16.8. The topological polar surface area (TPSA) is 59.0 Å². The molecule has 1 unspecified atom stereocenters. The number of halogens is 3. The van der Waals surface area contributed by atoms with Crippen molar-refractivity contribution in [2.75, 3.05) is 6.54 Å². The first-order valence-electron chi connectivity index (χ1n) is 7.87. The summed E-state index contributed by atoms with van der Waals surface area (Å²) in [6.45, 7) is 4.98. The predicted octanol–water partition coefficient (Wildman–Crippen LogP) is 1.85. The third-order valence-corrected chi connectivity index (χ3v) is 4.69. The molecule has 0 spiro atoms. The van der Waals surface area contributed by atoms with Crippen LogP contribution in [0, 0.1) is 5.41 Å². The highest BCUT2D eigenvalue weighted by molar-refractivity contribution is 5.85. The number of hydrogen-bond acceptors (Lipinski definition) is 3.